The molecule has 2 aromatic rings. The summed E-state index contributed by atoms with van der Waals surface area (Å²) in [6, 6.07) is 2.00. The molecular formula is C22H32N4O2S. The maximum atomic E-state index is 12.5. The number of carbonyl (C=O) groups excluding carboxylic acids is 2. The average molecular weight is 417 g/mol. The zero-order chi connectivity index (χ0) is 21.3. The van der Waals surface area contributed by atoms with Crippen LogP contribution in [0.15, 0.2) is 6.07 Å². The van der Waals surface area contributed by atoms with Crippen molar-refractivity contribution in [2.45, 2.75) is 66.7 Å². The Balaban J connectivity index is 1.52. The summed E-state index contributed by atoms with van der Waals surface area (Å²) in [5.74, 6) is 0.202. The Morgan fingerprint density at radius 2 is 2.00 bits per heavy atom. The van der Waals surface area contributed by atoms with Crippen molar-refractivity contribution in [2.24, 2.45) is 18.4 Å². The predicted octanol–water partition coefficient (Wildman–Crippen LogP) is 3.64. The highest BCUT2D eigenvalue weighted by molar-refractivity contribution is 7.14. The number of rotatable bonds is 4. The topological polar surface area (TPSA) is 76.0 Å². The summed E-state index contributed by atoms with van der Waals surface area (Å²) in [5.41, 5.74) is 9.79. The van der Waals surface area contributed by atoms with Crippen molar-refractivity contribution in [1.82, 2.24) is 20.6 Å². The lowest BCUT2D eigenvalue weighted by molar-refractivity contribution is -0.121. The van der Waals surface area contributed by atoms with Crippen molar-refractivity contribution in [3.8, 4) is 0 Å². The molecule has 2 aromatic heterocycles. The van der Waals surface area contributed by atoms with Crippen molar-refractivity contribution >= 4 is 23.2 Å². The summed E-state index contributed by atoms with van der Waals surface area (Å²) in [4.78, 5) is 26.7. The van der Waals surface area contributed by atoms with Gasteiger partial charge in [0.2, 0.25) is 5.91 Å². The van der Waals surface area contributed by atoms with E-state index in [0.717, 1.165) is 29.8 Å². The van der Waals surface area contributed by atoms with E-state index in [0.29, 0.717) is 23.6 Å². The summed E-state index contributed by atoms with van der Waals surface area (Å²) < 4.78 is 1.83. The summed E-state index contributed by atoms with van der Waals surface area (Å²) in [6.07, 6.45) is 4.14. The molecule has 0 aliphatic heterocycles. The second kappa shape index (κ2) is 8.30. The van der Waals surface area contributed by atoms with E-state index in [2.05, 4.69) is 36.7 Å². The maximum absolute atomic E-state index is 12.5. The molecule has 6 nitrogen and oxygen atoms in total. The lowest BCUT2D eigenvalue weighted by Gasteiger charge is -2.33. The highest BCUT2D eigenvalue weighted by Gasteiger charge is 2.30. The van der Waals surface area contributed by atoms with Crippen LogP contribution in [0.4, 0.5) is 0 Å². The Labute approximate surface area is 177 Å². The summed E-state index contributed by atoms with van der Waals surface area (Å²) >= 11 is 1.55. The number of amides is 2. The molecule has 0 spiro atoms. The minimum atomic E-state index is -0.237. The number of thiophene rings is 1. The molecule has 2 amide bonds. The van der Waals surface area contributed by atoms with E-state index in [1.807, 2.05) is 31.6 Å². The Bertz CT molecular complexity index is 920. The Hall–Kier alpha value is -2.15. The van der Waals surface area contributed by atoms with Gasteiger partial charge in [0.25, 0.3) is 5.91 Å². The molecule has 2 heterocycles. The van der Waals surface area contributed by atoms with Crippen LogP contribution in [0.3, 0.4) is 0 Å². The SMILES string of the molecule is Cc1nn(C)c(C)c1CCC(=O)NNC(=O)c1cc2c(s1)CCC(C(C)(C)C)C2. The number of fused-ring (bicyclic) bond motifs is 1. The molecule has 0 fully saturated rings. The quantitative estimate of drug-likeness (QED) is 0.747. The van der Waals surface area contributed by atoms with E-state index in [4.69, 9.17) is 0 Å². The molecule has 7 heteroatoms. The number of aromatic nitrogens is 2. The third-order valence-corrected chi connectivity index (χ3v) is 7.34. The van der Waals surface area contributed by atoms with Crippen LogP contribution in [-0.4, -0.2) is 21.6 Å². The van der Waals surface area contributed by atoms with Gasteiger partial charge in [-0.25, -0.2) is 0 Å². The van der Waals surface area contributed by atoms with Crippen molar-refractivity contribution in [2.75, 3.05) is 0 Å². The van der Waals surface area contributed by atoms with Crippen LogP contribution < -0.4 is 10.9 Å². The highest BCUT2D eigenvalue weighted by atomic mass is 32.1. The van der Waals surface area contributed by atoms with Crippen LogP contribution in [0, 0.1) is 25.2 Å². The van der Waals surface area contributed by atoms with Crippen LogP contribution in [0.2, 0.25) is 0 Å². The number of nitrogens with one attached hydrogen (secondary N) is 2. The van der Waals surface area contributed by atoms with Gasteiger partial charge in [-0.1, -0.05) is 20.8 Å². The fraction of sp³-hybridized carbons (Fsp3) is 0.591. The maximum Gasteiger partial charge on any atom is 0.279 e. The zero-order valence-corrected chi connectivity index (χ0v) is 19.1. The first-order chi connectivity index (χ1) is 13.6. The second-order valence-electron chi connectivity index (χ2n) is 9.14. The van der Waals surface area contributed by atoms with Gasteiger partial charge in [-0.15, -0.1) is 11.3 Å². The number of aryl methyl sites for hydroxylation is 3. The standard InChI is InChI=1S/C22H32N4O2S/c1-13-17(14(2)26(6)25-13)8-10-20(27)23-24-21(28)19-12-15-11-16(22(3,4)5)7-9-18(15)29-19/h12,16H,7-11H2,1-6H3,(H,23,27)(H,24,28). The monoisotopic (exact) mass is 416 g/mol. The largest absolute Gasteiger partial charge is 0.279 e. The average Bonchev–Trinajstić information content (AvgIpc) is 3.18. The first kappa shape index (κ1) is 21.6. The highest BCUT2D eigenvalue weighted by Crippen LogP contribution is 2.40. The molecule has 2 N–H and O–H groups in total. The Morgan fingerprint density at radius 3 is 2.62 bits per heavy atom. The van der Waals surface area contributed by atoms with E-state index in [9.17, 15) is 9.59 Å². The number of hydrogen-bond acceptors (Lipinski definition) is 4. The third kappa shape index (κ3) is 4.89. The fourth-order valence-electron chi connectivity index (χ4n) is 4.04. The van der Waals surface area contributed by atoms with E-state index >= 15 is 0 Å². The van der Waals surface area contributed by atoms with E-state index in [1.54, 1.807) is 11.3 Å². The van der Waals surface area contributed by atoms with Crippen LogP contribution in [0.1, 0.15) is 70.7 Å². The summed E-state index contributed by atoms with van der Waals surface area (Å²) in [5, 5.41) is 4.37. The molecule has 158 valence electrons. The third-order valence-electron chi connectivity index (χ3n) is 6.11. The Morgan fingerprint density at radius 1 is 1.28 bits per heavy atom. The molecule has 0 saturated carbocycles. The normalized spacial score (nSPS) is 16.4. The minimum absolute atomic E-state index is 0.199. The van der Waals surface area contributed by atoms with Gasteiger partial charge in [-0.3, -0.25) is 25.1 Å². The van der Waals surface area contributed by atoms with Gasteiger partial charge in [0.1, 0.15) is 0 Å². The zero-order valence-electron chi connectivity index (χ0n) is 18.3. The molecule has 1 atom stereocenters. The van der Waals surface area contributed by atoms with Crippen molar-refractivity contribution in [3.05, 3.63) is 38.3 Å². The minimum Gasteiger partial charge on any atom is -0.273 e. The first-order valence-corrected chi connectivity index (χ1v) is 11.1. The summed E-state index contributed by atoms with van der Waals surface area (Å²) in [7, 11) is 1.90. The molecule has 1 aliphatic rings. The molecule has 3 rings (SSSR count). The van der Waals surface area contributed by atoms with Crippen LogP contribution in [-0.2, 0) is 31.1 Å². The second-order valence-corrected chi connectivity index (χ2v) is 10.3. The molecular weight excluding hydrogens is 384 g/mol. The van der Waals surface area contributed by atoms with E-state index in [1.165, 1.54) is 16.9 Å². The predicted molar refractivity (Wildman–Crippen MR) is 116 cm³/mol. The molecule has 0 radical (unpaired) electrons. The van der Waals surface area contributed by atoms with Gasteiger partial charge in [0.15, 0.2) is 0 Å². The fourth-order valence-corrected chi connectivity index (χ4v) is 5.15. The first-order valence-electron chi connectivity index (χ1n) is 10.3. The molecule has 0 bridgehead atoms. The van der Waals surface area contributed by atoms with Crippen LogP contribution in [0.25, 0.3) is 0 Å². The number of hydrogen-bond donors (Lipinski definition) is 2. The van der Waals surface area contributed by atoms with E-state index < -0.39 is 0 Å². The van der Waals surface area contributed by atoms with Crippen molar-refractivity contribution in [3.63, 3.8) is 0 Å². The van der Waals surface area contributed by atoms with Gasteiger partial charge in [-0.05, 0) is 68.1 Å². The van der Waals surface area contributed by atoms with Crippen LogP contribution >= 0.6 is 11.3 Å². The molecule has 0 saturated heterocycles. The van der Waals surface area contributed by atoms with Gasteiger partial charge < -0.3 is 0 Å². The number of nitrogens with zero attached hydrogens (tertiary/aromatic N) is 2. The van der Waals surface area contributed by atoms with Crippen molar-refractivity contribution in [1.29, 1.82) is 0 Å². The molecule has 1 unspecified atom stereocenters. The number of carbonyl (C=O) groups is 2. The van der Waals surface area contributed by atoms with Gasteiger partial charge in [0.05, 0.1) is 10.6 Å². The molecule has 1 aliphatic carbocycles. The lowest BCUT2D eigenvalue weighted by Crippen LogP contribution is -2.41. The molecule has 29 heavy (non-hydrogen) atoms. The Kier molecular flexibility index (Phi) is 6.17. The number of hydrazine groups is 1. The van der Waals surface area contributed by atoms with E-state index in [-0.39, 0.29) is 17.2 Å². The summed E-state index contributed by atoms with van der Waals surface area (Å²) in [6.45, 7) is 10.8. The molecule has 0 aromatic carbocycles. The van der Waals surface area contributed by atoms with Gasteiger partial charge in [-0.2, -0.15) is 5.10 Å². The van der Waals surface area contributed by atoms with Gasteiger partial charge in [0, 0.05) is 24.0 Å². The van der Waals surface area contributed by atoms with Crippen LogP contribution in [0.5, 0.6) is 0 Å². The lowest BCUT2D eigenvalue weighted by atomic mass is 9.72. The smallest absolute Gasteiger partial charge is 0.273 e. The van der Waals surface area contributed by atoms with Gasteiger partial charge >= 0.3 is 0 Å². The van der Waals surface area contributed by atoms with Crippen molar-refractivity contribution < 1.29 is 9.59 Å².